The van der Waals surface area contributed by atoms with Crippen molar-refractivity contribution < 1.29 is 8.42 Å². The highest BCUT2D eigenvalue weighted by Crippen LogP contribution is 2.22. The largest absolute Gasteiger partial charge is 0.330 e. The van der Waals surface area contributed by atoms with E-state index in [2.05, 4.69) is 0 Å². The Balaban J connectivity index is 2.70. The van der Waals surface area contributed by atoms with Gasteiger partial charge in [0, 0.05) is 12.6 Å². The van der Waals surface area contributed by atoms with E-state index in [4.69, 9.17) is 5.73 Å². The van der Waals surface area contributed by atoms with Crippen molar-refractivity contribution in [1.29, 1.82) is 0 Å². The van der Waals surface area contributed by atoms with Crippen molar-refractivity contribution in [1.82, 2.24) is 4.31 Å². The zero-order chi connectivity index (χ0) is 10.1. The van der Waals surface area contributed by atoms with Crippen LogP contribution in [0.5, 0.6) is 0 Å². The van der Waals surface area contributed by atoms with Crippen LogP contribution in [0.1, 0.15) is 20.3 Å². The molecule has 0 aromatic rings. The summed E-state index contributed by atoms with van der Waals surface area (Å²) in [5, 5.41) is 0. The number of hydrogen-bond acceptors (Lipinski definition) is 3. The second kappa shape index (κ2) is 3.94. The van der Waals surface area contributed by atoms with Crippen molar-refractivity contribution in [3.05, 3.63) is 0 Å². The second-order valence-corrected chi connectivity index (χ2v) is 5.85. The monoisotopic (exact) mass is 206 g/mol. The average Bonchev–Trinajstić information content (AvgIpc) is 2.24. The van der Waals surface area contributed by atoms with Crippen LogP contribution in [0.25, 0.3) is 0 Å². The van der Waals surface area contributed by atoms with Crippen LogP contribution in [0, 0.1) is 5.92 Å². The lowest BCUT2D eigenvalue weighted by Gasteiger charge is -2.22. The van der Waals surface area contributed by atoms with E-state index in [0.29, 0.717) is 18.8 Å². The summed E-state index contributed by atoms with van der Waals surface area (Å²) in [4.78, 5) is 0. The Kier molecular flexibility index (Phi) is 3.32. The molecule has 0 radical (unpaired) electrons. The van der Waals surface area contributed by atoms with E-state index in [1.165, 1.54) is 0 Å². The van der Waals surface area contributed by atoms with Crippen molar-refractivity contribution in [2.45, 2.75) is 26.3 Å². The van der Waals surface area contributed by atoms with Gasteiger partial charge in [0.05, 0.1) is 5.75 Å². The normalized spacial score (nSPS) is 30.5. The zero-order valence-electron chi connectivity index (χ0n) is 8.23. The molecule has 1 fully saturated rings. The van der Waals surface area contributed by atoms with E-state index < -0.39 is 10.0 Å². The lowest BCUT2D eigenvalue weighted by atomic mass is 10.2. The summed E-state index contributed by atoms with van der Waals surface area (Å²) in [6.45, 7) is 5.08. The molecule has 1 saturated heterocycles. The lowest BCUT2D eigenvalue weighted by Crippen LogP contribution is -2.36. The minimum atomic E-state index is -2.98. The summed E-state index contributed by atoms with van der Waals surface area (Å²) in [7, 11) is -2.98. The topological polar surface area (TPSA) is 63.4 Å². The van der Waals surface area contributed by atoms with E-state index in [9.17, 15) is 8.42 Å². The fourth-order valence-corrected chi connectivity index (χ4v) is 3.92. The number of nitrogens with two attached hydrogens (primary N) is 1. The van der Waals surface area contributed by atoms with Crippen molar-refractivity contribution >= 4 is 10.0 Å². The number of nitrogens with zero attached hydrogens (tertiary/aromatic N) is 1. The second-order valence-electron chi connectivity index (χ2n) is 3.88. The maximum Gasteiger partial charge on any atom is 0.214 e. The van der Waals surface area contributed by atoms with E-state index in [-0.39, 0.29) is 12.0 Å². The van der Waals surface area contributed by atoms with Gasteiger partial charge in [-0.15, -0.1) is 0 Å². The van der Waals surface area contributed by atoms with Crippen molar-refractivity contribution in [3.8, 4) is 0 Å². The molecule has 0 spiro atoms. The Hall–Kier alpha value is -0.130. The van der Waals surface area contributed by atoms with Crippen LogP contribution in [0.15, 0.2) is 0 Å². The van der Waals surface area contributed by atoms with Crippen LogP contribution in [-0.2, 0) is 10.0 Å². The molecule has 13 heavy (non-hydrogen) atoms. The van der Waals surface area contributed by atoms with E-state index in [1.807, 2.05) is 13.8 Å². The highest BCUT2D eigenvalue weighted by atomic mass is 32.2. The molecule has 2 unspecified atom stereocenters. The first-order valence-electron chi connectivity index (χ1n) is 4.67. The SMILES string of the molecule is CC1CN(C(C)CCN)S(=O)(=O)C1. The molecule has 78 valence electrons. The van der Waals surface area contributed by atoms with Gasteiger partial charge in [-0.05, 0) is 25.8 Å². The summed E-state index contributed by atoms with van der Waals surface area (Å²) < 4.78 is 24.7. The Labute approximate surface area is 80.1 Å². The van der Waals surface area contributed by atoms with Gasteiger partial charge in [0.15, 0.2) is 0 Å². The number of sulfonamides is 1. The summed E-state index contributed by atoms with van der Waals surface area (Å²) in [6, 6.07) is 0.0555. The summed E-state index contributed by atoms with van der Waals surface area (Å²) >= 11 is 0. The van der Waals surface area contributed by atoms with Gasteiger partial charge >= 0.3 is 0 Å². The fourth-order valence-electron chi connectivity index (χ4n) is 1.77. The summed E-state index contributed by atoms with van der Waals surface area (Å²) in [5.41, 5.74) is 5.40. The molecule has 1 aliphatic rings. The molecule has 0 aromatic heterocycles. The lowest BCUT2D eigenvalue weighted by molar-refractivity contribution is 0.327. The van der Waals surface area contributed by atoms with Gasteiger partial charge < -0.3 is 5.73 Å². The molecular weight excluding hydrogens is 188 g/mol. The Morgan fingerprint density at radius 3 is 2.62 bits per heavy atom. The van der Waals surface area contributed by atoms with E-state index in [1.54, 1.807) is 4.31 Å². The minimum absolute atomic E-state index is 0.0555. The van der Waals surface area contributed by atoms with E-state index >= 15 is 0 Å². The summed E-state index contributed by atoms with van der Waals surface area (Å²) in [6.07, 6.45) is 0.742. The minimum Gasteiger partial charge on any atom is -0.330 e. The number of hydrogen-bond donors (Lipinski definition) is 1. The van der Waals surface area contributed by atoms with Crippen LogP contribution in [0.2, 0.25) is 0 Å². The maximum absolute atomic E-state index is 11.6. The zero-order valence-corrected chi connectivity index (χ0v) is 9.05. The molecule has 0 aliphatic carbocycles. The third-order valence-corrected chi connectivity index (χ3v) is 4.63. The molecule has 4 nitrogen and oxygen atoms in total. The maximum atomic E-state index is 11.6. The van der Waals surface area contributed by atoms with Crippen LogP contribution in [0.4, 0.5) is 0 Å². The molecule has 5 heteroatoms. The number of rotatable bonds is 3. The fraction of sp³-hybridized carbons (Fsp3) is 1.00. The van der Waals surface area contributed by atoms with Crippen LogP contribution >= 0.6 is 0 Å². The molecule has 2 N–H and O–H groups in total. The molecule has 2 atom stereocenters. The molecule has 0 aromatic carbocycles. The molecule has 1 heterocycles. The third-order valence-electron chi connectivity index (χ3n) is 2.42. The third kappa shape index (κ3) is 2.42. The van der Waals surface area contributed by atoms with Crippen LogP contribution in [-0.4, -0.2) is 37.6 Å². The Bertz CT molecular complexity index is 263. The molecule has 1 rings (SSSR count). The van der Waals surface area contributed by atoms with Gasteiger partial charge in [0.1, 0.15) is 0 Å². The predicted octanol–water partition coefficient (Wildman–Crippen LogP) is 0.00520. The first kappa shape index (κ1) is 10.9. The first-order chi connectivity index (χ1) is 5.97. The van der Waals surface area contributed by atoms with Crippen molar-refractivity contribution in [2.75, 3.05) is 18.8 Å². The highest BCUT2D eigenvalue weighted by molar-refractivity contribution is 7.89. The van der Waals surface area contributed by atoms with E-state index in [0.717, 1.165) is 6.42 Å². The molecular formula is C8H18N2O2S. The van der Waals surface area contributed by atoms with Gasteiger partial charge in [0.25, 0.3) is 0 Å². The van der Waals surface area contributed by atoms with Crippen LogP contribution < -0.4 is 5.73 Å². The molecule has 0 bridgehead atoms. The van der Waals surface area contributed by atoms with Gasteiger partial charge in [-0.25, -0.2) is 8.42 Å². The van der Waals surface area contributed by atoms with Gasteiger partial charge in [-0.3, -0.25) is 0 Å². The predicted molar refractivity (Wildman–Crippen MR) is 52.8 cm³/mol. The Morgan fingerprint density at radius 1 is 1.62 bits per heavy atom. The standard InChI is InChI=1S/C8H18N2O2S/c1-7-5-10(8(2)3-4-9)13(11,12)6-7/h7-8H,3-6,9H2,1-2H3. The van der Waals surface area contributed by atoms with Crippen molar-refractivity contribution in [3.63, 3.8) is 0 Å². The van der Waals surface area contributed by atoms with Gasteiger partial charge in [-0.1, -0.05) is 6.92 Å². The molecule has 0 amide bonds. The average molecular weight is 206 g/mol. The first-order valence-corrected chi connectivity index (χ1v) is 6.28. The smallest absolute Gasteiger partial charge is 0.214 e. The molecule has 1 aliphatic heterocycles. The van der Waals surface area contributed by atoms with Crippen molar-refractivity contribution in [2.24, 2.45) is 11.7 Å². The Morgan fingerprint density at radius 2 is 2.23 bits per heavy atom. The van der Waals surface area contributed by atoms with Crippen LogP contribution in [0.3, 0.4) is 0 Å². The molecule has 0 saturated carbocycles. The van der Waals surface area contributed by atoms with Gasteiger partial charge in [-0.2, -0.15) is 4.31 Å². The summed E-state index contributed by atoms with van der Waals surface area (Å²) in [5.74, 6) is 0.548. The quantitative estimate of drug-likeness (QED) is 0.707. The van der Waals surface area contributed by atoms with Gasteiger partial charge in [0.2, 0.25) is 10.0 Å². The highest BCUT2D eigenvalue weighted by Gasteiger charge is 2.36.